The molecule has 0 saturated heterocycles. The molecule has 0 radical (unpaired) electrons. The van der Waals surface area contributed by atoms with Gasteiger partial charge < -0.3 is 9.88 Å². The largest absolute Gasteiger partial charge is 0.355 e. The van der Waals surface area contributed by atoms with Crippen LogP contribution in [-0.2, 0) is 15.1 Å². The Morgan fingerprint density at radius 1 is 1.06 bits per heavy atom. The summed E-state index contributed by atoms with van der Waals surface area (Å²) < 4.78 is 2.06. The maximum atomic E-state index is 13.1. The Morgan fingerprint density at radius 2 is 1.68 bits per heavy atom. The number of amides is 2. The van der Waals surface area contributed by atoms with Crippen LogP contribution in [0.1, 0.15) is 65.7 Å². The summed E-state index contributed by atoms with van der Waals surface area (Å²) in [5.41, 5.74) is 1.49. The molecule has 31 heavy (non-hydrogen) atoms. The fourth-order valence-electron chi connectivity index (χ4n) is 6.84. The van der Waals surface area contributed by atoms with Gasteiger partial charge in [0, 0.05) is 23.9 Å². The highest BCUT2D eigenvalue weighted by atomic mass is 16.2. The van der Waals surface area contributed by atoms with Crippen molar-refractivity contribution in [2.24, 2.45) is 23.2 Å². The number of nitrogens with zero attached hydrogens (tertiary/aromatic N) is 2. The minimum atomic E-state index is -0.217. The molecule has 0 atom stereocenters. The molecular weight excluding hydrogens is 388 g/mol. The summed E-state index contributed by atoms with van der Waals surface area (Å²) in [4.78, 5) is 30.4. The van der Waals surface area contributed by atoms with Crippen LogP contribution >= 0.6 is 0 Å². The van der Waals surface area contributed by atoms with Gasteiger partial charge in [0.2, 0.25) is 17.8 Å². The van der Waals surface area contributed by atoms with Crippen molar-refractivity contribution in [3.8, 4) is 0 Å². The second kappa shape index (κ2) is 7.35. The van der Waals surface area contributed by atoms with Crippen molar-refractivity contribution in [2.75, 3.05) is 11.9 Å². The number of benzene rings is 1. The number of aromatic nitrogens is 2. The van der Waals surface area contributed by atoms with E-state index in [-0.39, 0.29) is 29.2 Å². The van der Waals surface area contributed by atoms with Crippen molar-refractivity contribution in [1.82, 2.24) is 14.9 Å². The van der Waals surface area contributed by atoms with Crippen LogP contribution in [-0.4, -0.2) is 27.9 Å². The number of anilines is 1. The number of carbonyl (C=O) groups excluding carboxylic acids is 2. The molecule has 0 spiro atoms. The van der Waals surface area contributed by atoms with Crippen molar-refractivity contribution >= 4 is 28.8 Å². The predicted molar refractivity (Wildman–Crippen MR) is 122 cm³/mol. The summed E-state index contributed by atoms with van der Waals surface area (Å²) in [7, 11) is 0. The molecule has 4 bridgehead atoms. The van der Waals surface area contributed by atoms with Gasteiger partial charge >= 0.3 is 0 Å². The zero-order valence-corrected chi connectivity index (χ0v) is 18.9. The number of nitrogens with one attached hydrogen (secondary N) is 2. The molecule has 0 aliphatic heterocycles. The summed E-state index contributed by atoms with van der Waals surface area (Å²) in [5.74, 6) is 2.85. The van der Waals surface area contributed by atoms with Crippen LogP contribution in [0.25, 0.3) is 11.0 Å². The number of hydrogen-bond donors (Lipinski definition) is 2. The summed E-state index contributed by atoms with van der Waals surface area (Å²) in [6.07, 6.45) is 7.37. The first-order valence-electron chi connectivity index (χ1n) is 11.8. The average Bonchev–Trinajstić information content (AvgIpc) is 3.04. The standard InChI is InChI=1S/C25H34N4O2/c1-24(2,3)29-20-7-5-4-6-19(20)27-23(29)28-21(30)8-9-26-22(31)25-13-16-10-17(14-25)12-18(11-16)15-25/h4-7,16-18H,8-15H2,1-3H3,(H,26,31)(H,27,28,30). The monoisotopic (exact) mass is 422 g/mol. The molecule has 0 unspecified atom stereocenters. The van der Waals surface area contributed by atoms with E-state index in [1.54, 1.807) is 0 Å². The average molecular weight is 423 g/mol. The first-order chi connectivity index (χ1) is 14.7. The van der Waals surface area contributed by atoms with Gasteiger partial charge in [-0.05, 0) is 89.2 Å². The molecule has 1 aromatic carbocycles. The van der Waals surface area contributed by atoms with E-state index < -0.39 is 0 Å². The fraction of sp³-hybridized carbons (Fsp3) is 0.640. The highest BCUT2D eigenvalue weighted by Crippen LogP contribution is 2.60. The summed E-state index contributed by atoms with van der Waals surface area (Å²) in [6, 6.07) is 7.92. The van der Waals surface area contributed by atoms with Crippen LogP contribution in [0.15, 0.2) is 24.3 Å². The van der Waals surface area contributed by atoms with Crippen molar-refractivity contribution in [2.45, 2.75) is 71.3 Å². The van der Waals surface area contributed by atoms with Gasteiger partial charge in [0.05, 0.1) is 11.0 Å². The Morgan fingerprint density at radius 3 is 2.29 bits per heavy atom. The Kier molecular flexibility index (Phi) is 4.87. The van der Waals surface area contributed by atoms with E-state index in [2.05, 4.69) is 41.0 Å². The number of para-hydroxylation sites is 2. The molecule has 4 aliphatic carbocycles. The highest BCUT2D eigenvalue weighted by Gasteiger charge is 2.54. The number of carbonyl (C=O) groups is 2. The molecule has 4 aliphatic rings. The molecule has 6 rings (SSSR count). The Bertz CT molecular complexity index is 981. The topological polar surface area (TPSA) is 76.0 Å². The van der Waals surface area contributed by atoms with Gasteiger partial charge in [0.1, 0.15) is 0 Å². The third kappa shape index (κ3) is 3.74. The first kappa shape index (κ1) is 20.5. The Hall–Kier alpha value is -2.37. The zero-order chi connectivity index (χ0) is 21.8. The van der Waals surface area contributed by atoms with Crippen molar-refractivity contribution in [3.63, 3.8) is 0 Å². The minimum Gasteiger partial charge on any atom is -0.355 e. The van der Waals surface area contributed by atoms with Gasteiger partial charge in [0.25, 0.3) is 0 Å². The number of fused-ring (bicyclic) bond motifs is 1. The lowest BCUT2D eigenvalue weighted by molar-refractivity contribution is -0.146. The molecule has 166 valence electrons. The van der Waals surface area contributed by atoms with Gasteiger partial charge in [-0.3, -0.25) is 14.9 Å². The van der Waals surface area contributed by atoms with Gasteiger partial charge in [-0.1, -0.05) is 12.1 Å². The van der Waals surface area contributed by atoms with E-state index in [0.717, 1.165) is 48.0 Å². The summed E-state index contributed by atoms with van der Waals surface area (Å²) in [5, 5.41) is 6.08. The Labute approximate surface area is 184 Å². The van der Waals surface area contributed by atoms with Crippen LogP contribution in [0.2, 0.25) is 0 Å². The van der Waals surface area contributed by atoms with Crippen LogP contribution in [0.4, 0.5) is 5.95 Å². The van der Waals surface area contributed by atoms with Crippen LogP contribution < -0.4 is 10.6 Å². The van der Waals surface area contributed by atoms with Crippen molar-refractivity contribution < 1.29 is 9.59 Å². The normalized spacial score (nSPS) is 29.3. The molecule has 1 aromatic heterocycles. The van der Waals surface area contributed by atoms with Gasteiger partial charge in [0.15, 0.2) is 0 Å². The van der Waals surface area contributed by atoms with Crippen LogP contribution in [0.5, 0.6) is 0 Å². The number of imidazole rings is 1. The second-order valence-electron chi connectivity index (χ2n) is 11.2. The first-order valence-corrected chi connectivity index (χ1v) is 11.8. The van der Waals surface area contributed by atoms with Gasteiger partial charge in [-0.15, -0.1) is 0 Å². The maximum Gasteiger partial charge on any atom is 0.228 e. The van der Waals surface area contributed by atoms with Crippen molar-refractivity contribution in [1.29, 1.82) is 0 Å². The summed E-state index contributed by atoms with van der Waals surface area (Å²) >= 11 is 0. The van der Waals surface area contributed by atoms with Gasteiger partial charge in [-0.2, -0.15) is 0 Å². The molecular formula is C25H34N4O2. The molecule has 6 nitrogen and oxygen atoms in total. The van der Waals surface area contributed by atoms with E-state index in [4.69, 9.17) is 0 Å². The van der Waals surface area contributed by atoms with E-state index in [1.807, 2.05) is 24.3 Å². The van der Waals surface area contributed by atoms with E-state index in [0.29, 0.717) is 12.5 Å². The second-order valence-corrected chi connectivity index (χ2v) is 11.2. The zero-order valence-electron chi connectivity index (χ0n) is 18.9. The van der Waals surface area contributed by atoms with E-state index in [1.165, 1.54) is 19.3 Å². The predicted octanol–water partition coefficient (Wildman–Crippen LogP) is 4.45. The van der Waals surface area contributed by atoms with Crippen LogP contribution in [0.3, 0.4) is 0 Å². The van der Waals surface area contributed by atoms with E-state index >= 15 is 0 Å². The maximum absolute atomic E-state index is 13.1. The highest BCUT2D eigenvalue weighted by molar-refractivity contribution is 5.92. The van der Waals surface area contributed by atoms with Crippen molar-refractivity contribution in [3.05, 3.63) is 24.3 Å². The summed E-state index contributed by atoms with van der Waals surface area (Å²) in [6.45, 7) is 6.68. The van der Waals surface area contributed by atoms with Crippen LogP contribution in [0, 0.1) is 23.2 Å². The molecule has 2 amide bonds. The molecule has 2 N–H and O–H groups in total. The fourth-order valence-corrected chi connectivity index (χ4v) is 6.84. The minimum absolute atomic E-state index is 0.119. The van der Waals surface area contributed by atoms with E-state index in [9.17, 15) is 9.59 Å². The lowest BCUT2D eigenvalue weighted by atomic mass is 9.49. The third-order valence-electron chi connectivity index (χ3n) is 7.64. The molecule has 4 saturated carbocycles. The molecule has 1 heterocycles. The lowest BCUT2D eigenvalue weighted by Gasteiger charge is -2.55. The Balaban J connectivity index is 1.21. The third-order valence-corrected chi connectivity index (χ3v) is 7.64. The molecule has 6 heteroatoms. The molecule has 2 aromatic rings. The lowest BCUT2D eigenvalue weighted by Crippen LogP contribution is -2.53. The smallest absolute Gasteiger partial charge is 0.228 e. The number of rotatable bonds is 5. The number of hydrogen-bond acceptors (Lipinski definition) is 3. The van der Waals surface area contributed by atoms with Gasteiger partial charge in [-0.25, -0.2) is 4.98 Å². The SMILES string of the molecule is CC(C)(C)n1c(NC(=O)CCNC(=O)C23CC4CC(CC(C4)C2)C3)nc2ccccc21. The molecule has 4 fully saturated rings. The quantitative estimate of drug-likeness (QED) is 0.747.